The second-order valence-electron chi connectivity index (χ2n) is 4.48. The van der Waals surface area contributed by atoms with Crippen molar-refractivity contribution in [2.24, 2.45) is 0 Å². The minimum atomic E-state index is -0.488. The molecule has 2 aromatic rings. The molecule has 5 nitrogen and oxygen atoms in total. The highest BCUT2D eigenvalue weighted by atomic mass is 35.5. The van der Waals surface area contributed by atoms with Gasteiger partial charge < -0.3 is 14.8 Å². The van der Waals surface area contributed by atoms with Crippen LogP contribution in [0, 0.1) is 5.82 Å². The number of carbonyl (C=O) groups is 2. The summed E-state index contributed by atoms with van der Waals surface area (Å²) in [5, 5.41) is 2.68. The molecule has 2 rings (SSSR count). The lowest BCUT2D eigenvalue weighted by Gasteiger charge is -2.09. The van der Waals surface area contributed by atoms with Gasteiger partial charge in [-0.3, -0.25) is 4.79 Å². The summed E-state index contributed by atoms with van der Waals surface area (Å²) in [7, 11) is 1.29. The number of esters is 1. The van der Waals surface area contributed by atoms with Crippen molar-refractivity contribution in [1.29, 1.82) is 0 Å². The number of halogens is 2. The summed E-state index contributed by atoms with van der Waals surface area (Å²) in [6, 6.07) is 9.81. The van der Waals surface area contributed by atoms with Gasteiger partial charge in [-0.15, -0.1) is 0 Å². The molecule has 0 aliphatic rings. The fourth-order valence-corrected chi connectivity index (χ4v) is 1.96. The van der Waals surface area contributed by atoms with Crippen LogP contribution in [0.5, 0.6) is 5.75 Å². The molecule has 0 saturated carbocycles. The molecule has 0 aromatic heterocycles. The summed E-state index contributed by atoms with van der Waals surface area (Å²) in [4.78, 5) is 23.1. The summed E-state index contributed by atoms with van der Waals surface area (Å²) in [5.41, 5.74) is 0.872. The lowest BCUT2D eigenvalue weighted by Crippen LogP contribution is -2.20. The molecule has 0 spiro atoms. The number of amides is 1. The Morgan fingerprint density at radius 2 is 1.87 bits per heavy atom. The van der Waals surface area contributed by atoms with Crippen molar-refractivity contribution in [3.05, 3.63) is 58.9 Å². The molecule has 23 heavy (non-hydrogen) atoms. The molecule has 1 N–H and O–H groups in total. The highest BCUT2D eigenvalue weighted by Gasteiger charge is 2.09. The smallest absolute Gasteiger partial charge is 0.337 e. The summed E-state index contributed by atoms with van der Waals surface area (Å²) in [5.74, 6) is -1.16. The van der Waals surface area contributed by atoms with Gasteiger partial charge in [-0.05, 0) is 42.5 Å². The van der Waals surface area contributed by atoms with Crippen LogP contribution < -0.4 is 10.1 Å². The first-order valence-corrected chi connectivity index (χ1v) is 6.93. The predicted octanol–water partition coefficient (Wildman–Crippen LogP) is 3.28. The third-order valence-electron chi connectivity index (χ3n) is 2.84. The van der Waals surface area contributed by atoms with Crippen molar-refractivity contribution in [3.8, 4) is 5.75 Å². The third-order valence-corrected chi connectivity index (χ3v) is 3.14. The quantitative estimate of drug-likeness (QED) is 0.850. The first kappa shape index (κ1) is 16.8. The van der Waals surface area contributed by atoms with E-state index in [9.17, 15) is 14.0 Å². The Labute approximate surface area is 137 Å². The molecule has 7 heteroatoms. The molecule has 0 atom stereocenters. The highest BCUT2D eigenvalue weighted by Crippen LogP contribution is 2.24. The zero-order valence-corrected chi connectivity index (χ0v) is 12.9. The fourth-order valence-electron chi connectivity index (χ4n) is 1.74. The molecular formula is C16H13ClFNO4. The number of carbonyl (C=O) groups excluding carboxylic acids is 2. The monoisotopic (exact) mass is 337 g/mol. The Bertz CT molecular complexity index is 719. The van der Waals surface area contributed by atoms with Crippen LogP contribution in [-0.4, -0.2) is 25.6 Å². The minimum Gasteiger partial charge on any atom is -0.482 e. The molecule has 0 fully saturated rings. The molecule has 0 aliphatic carbocycles. The van der Waals surface area contributed by atoms with Crippen molar-refractivity contribution >= 4 is 29.2 Å². The van der Waals surface area contributed by atoms with E-state index in [4.69, 9.17) is 16.3 Å². The largest absolute Gasteiger partial charge is 0.482 e. The Morgan fingerprint density at radius 3 is 2.48 bits per heavy atom. The molecular weight excluding hydrogens is 325 g/mol. The first-order valence-electron chi connectivity index (χ1n) is 6.55. The standard InChI is InChI=1S/C16H13ClFNO4/c1-22-16(21)10-2-5-12(6-3-10)19-15(20)9-23-14-7-4-11(18)8-13(14)17/h2-8H,9H2,1H3,(H,19,20). The molecule has 0 aliphatic heterocycles. The number of benzene rings is 2. The highest BCUT2D eigenvalue weighted by molar-refractivity contribution is 6.32. The van der Waals surface area contributed by atoms with Gasteiger partial charge in [0, 0.05) is 5.69 Å². The van der Waals surface area contributed by atoms with Gasteiger partial charge in [0.1, 0.15) is 11.6 Å². The van der Waals surface area contributed by atoms with Crippen LogP contribution >= 0.6 is 11.6 Å². The SMILES string of the molecule is COC(=O)c1ccc(NC(=O)COc2ccc(F)cc2Cl)cc1. The third kappa shape index (κ3) is 4.69. The molecule has 0 unspecified atom stereocenters. The average molecular weight is 338 g/mol. The lowest BCUT2D eigenvalue weighted by molar-refractivity contribution is -0.118. The number of nitrogens with one attached hydrogen (secondary N) is 1. The van der Waals surface area contributed by atoms with Gasteiger partial charge >= 0.3 is 5.97 Å². The molecule has 2 aromatic carbocycles. The zero-order chi connectivity index (χ0) is 16.8. The van der Waals surface area contributed by atoms with Crippen molar-refractivity contribution in [3.63, 3.8) is 0 Å². The van der Waals surface area contributed by atoms with E-state index in [1.54, 1.807) is 12.1 Å². The average Bonchev–Trinajstić information content (AvgIpc) is 2.54. The van der Waals surface area contributed by atoms with Crippen molar-refractivity contribution in [1.82, 2.24) is 0 Å². The van der Waals surface area contributed by atoms with Crippen LogP contribution in [0.25, 0.3) is 0 Å². The van der Waals surface area contributed by atoms with Gasteiger partial charge in [-0.2, -0.15) is 0 Å². The Balaban J connectivity index is 1.90. The summed E-state index contributed by atoms with van der Waals surface area (Å²) in [6.07, 6.45) is 0. The summed E-state index contributed by atoms with van der Waals surface area (Å²) in [6.45, 7) is -0.288. The topological polar surface area (TPSA) is 64.6 Å². The molecule has 0 radical (unpaired) electrons. The maximum Gasteiger partial charge on any atom is 0.337 e. The molecule has 0 heterocycles. The number of methoxy groups -OCH3 is 1. The van der Waals surface area contributed by atoms with Crippen molar-refractivity contribution in [2.45, 2.75) is 0 Å². The first-order chi connectivity index (χ1) is 11.0. The van der Waals surface area contributed by atoms with E-state index in [0.29, 0.717) is 11.3 Å². The van der Waals surface area contributed by atoms with E-state index in [1.165, 1.54) is 31.4 Å². The Morgan fingerprint density at radius 1 is 1.17 bits per heavy atom. The van der Waals surface area contributed by atoms with Gasteiger partial charge in [0.05, 0.1) is 17.7 Å². The van der Waals surface area contributed by atoms with E-state index in [-0.39, 0.29) is 17.4 Å². The molecule has 0 saturated heterocycles. The van der Waals surface area contributed by atoms with Crippen molar-refractivity contribution in [2.75, 3.05) is 19.0 Å². The molecule has 0 bridgehead atoms. The van der Waals surface area contributed by atoms with Crippen LogP contribution in [0.2, 0.25) is 5.02 Å². The Kier molecular flexibility index (Phi) is 5.54. The van der Waals surface area contributed by atoms with Crippen LogP contribution in [-0.2, 0) is 9.53 Å². The number of rotatable bonds is 5. The molecule has 1 amide bonds. The normalized spacial score (nSPS) is 10.0. The van der Waals surface area contributed by atoms with Gasteiger partial charge in [-0.1, -0.05) is 11.6 Å². The van der Waals surface area contributed by atoms with E-state index in [0.717, 1.165) is 6.07 Å². The number of ether oxygens (including phenoxy) is 2. The van der Waals surface area contributed by atoms with Gasteiger partial charge in [0.15, 0.2) is 6.61 Å². The van der Waals surface area contributed by atoms with Gasteiger partial charge in [0.2, 0.25) is 0 Å². The van der Waals surface area contributed by atoms with E-state index >= 15 is 0 Å². The second-order valence-corrected chi connectivity index (χ2v) is 4.89. The minimum absolute atomic E-state index is 0.0835. The second kappa shape index (κ2) is 7.60. The number of anilines is 1. The van der Waals surface area contributed by atoms with Crippen LogP contribution in [0.4, 0.5) is 10.1 Å². The van der Waals surface area contributed by atoms with E-state index in [1.807, 2.05) is 0 Å². The maximum absolute atomic E-state index is 12.9. The number of hydrogen-bond donors (Lipinski definition) is 1. The maximum atomic E-state index is 12.9. The zero-order valence-electron chi connectivity index (χ0n) is 12.1. The predicted molar refractivity (Wildman–Crippen MR) is 83.3 cm³/mol. The van der Waals surface area contributed by atoms with Crippen molar-refractivity contribution < 1.29 is 23.5 Å². The molecule has 120 valence electrons. The van der Waals surface area contributed by atoms with Crippen LogP contribution in [0.3, 0.4) is 0 Å². The fraction of sp³-hybridized carbons (Fsp3) is 0.125. The van der Waals surface area contributed by atoms with Crippen LogP contribution in [0.1, 0.15) is 10.4 Å². The van der Waals surface area contributed by atoms with Crippen LogP contribution in [0.15, 0.2) is 42.5 Å². The summed E-state index contributed by atoms with van der Waals surface area (Å²) >= 11 is 5.79. The van der Waals surface area contributed by atoms with Gasteiger partial charge in [-0.25, -0.2) is 9.18 Å². The van der Waals surface area contributed by atoms with E-state index < -0.39 is 17.7 Å². The number of hydrogen-bond acceptors (Lipinski definition) is 4. The van der Waals surface area contributed by atoms with E-state index in [2.05, 4.69) is 10.1 Å². The lowest BCUT2D eigenvalue weighted by atomic mass is 10.2. The summed E-state index contributed by atoms with van der Waals surface area (Å²) < 4.78 is 22.7. The Hall–Kier alpha value is -2.60. The van der Waals surface area contributed by atoms with Gasteiger partial charge in [0.25, 0.3) is 5.91 Å².